The maximum Gasteiger partial charge on any atom is 0.342 e. The minimum Gasteiger partial charge on any atom is -0.507 e. The van der Waals surface area contributed by atoms with Crippen molar-refractivity contribution in [3.63, 3.8) is 0 Å². The average molecular weight is 331 g/mol. The normalized spacial score (nSPS) is 9.92. The van der Waals surface area contributed by atoms with Crippen molar-refractivity contribution in [1.29, 1.82) is 0 Å². The number of ether oxygens (including phenoxy) is 3. The van der Waals surface area contributed by atoms with Crippen LogP contribution in [0.4, 0.5) is 5.69 Å². The number of anilines is 1. The number of carbonyl (C=O) groups excluding carboxylic acids is 2. The molecular weight excluding hydrogens is 314 g/mol. The molecule has 0 bridgehead atoms. The van der Waals surface area contributed by atoms with E-state index in [4.69, 9.17) is 14.2 Å². The summed E-state index contributed by atoms with van der Waals surface area (Å²) < 4.78 is 14.9. The smallest absolute Gasteiger partial charge is 0.342 e. The van der Waals surface area contributed by atoms with E-state index in [0.29, 0.717) is 17.2 Å². The fourth-order valence-electron chi connectivity index (χ4n) is 1.95. The number of carbonyl (C=O) groups is 2. The van der Waals surface area contributed by atoms with Crippen molar-refractivity contribution in [2.24, 2.45) is 0 Å². The number of phenolic OH excluding ortho intramolecular Hbond substituents is 1. The largest absolute Gasteiger partial charge is 0.507 e. The Bertz CT molecular complexity index is 744. The van der Waals surface area contributed by atoms with Crippen LogP contribution in [0, 0.1) is 0 Å². The highest BCUT2D eigenvalue weighted by atomic mass is 16.5. The van der Waals surface area contributed by atoms with Gasteiger partial charge in [-0.05, 0) is 24.3 Å². The number of nitrogens with one attached hydrogen (secondary N) is 1. The maximum absolute atomic E-state index is 11.9. The van der Waals surface area contributed by atoms with E-state index in [9.17, 15) is 14.7 Å². The molecule has 0 fully saturated rings. The molecule has 0 aliphatic carbocycles. The van der Waals surface area contributed by atoms with Crippen LogP contribution in [0.1, 0.15) is 10.4 Å². The molecule has 0 atom stereocenters. The van der Waals surface area contributed by atoms with Gasteiger partial charge in [-0.2, -0.15) is 0 Å². The Kier molecular flexibility index (Phi) is 5.62. The van der Waals surface area contributed by atoms with Crippen molar-refractivity contribution < 1.29 is 28.9 Å². The van der Waals surface area contributed by atoms with Crippen molar-refractivity contribution in [2.45, 2.75) is 0 Å². The molecule has 24 heavy (non-hydrogen) atoms. The Morgan fingerprint density at radius 2 is 1.83 bits per heavy atom. The summed E-state index contributed by atoms with van der Waals surface area (Å²) in [6, 6.07) is 11.0. The molecule has 2 aromatic rings. The second kappa shape index (κ2) is 7.87. The zero-order chi connectivity index (χ0) is 17.5. The Labute approximate surface area is 138 Å². The van der Waals surface area contributed by atoms with Crippen LogP contribution in [0.15, 0.2) is 42.5 Å². The molecule has 7 nitrogen and oxygen atoms in total. The van der Waals surface area contributed by atoms with E-state index in [2.05, 4.69) is 5.32 Å². The lowest BCUT2D eigenvalue weighted by Gasteiger charge is -2.10. The second-order valence-electron chi connectivity index (χ2n) is 4.71. The van der Waals surface area contributed by atoms with Crippen LogP contribution in [0.3, 0.4) is 0 Å². The average Bonchev–Trinajstić information content (AvgIpc) is 2.60. The quantitative estimate of drug-likeness (QED) is 0.788. The highest BCUT2D eigenvalue weighted by molar-refractivity contribution is 5.97. The van der Waals surface area contributed by atoms with Crippen molar-refractivity contribution >= 4 is 17.6 Å². The van der Waals surface area contributed by atoms with E-state index in [1.807, 2.05) is 0 Å². The lowest BCUT2D eigenvalue weighted by atomic mass is 10.2. The molecule has 0 aliphatic heterocycles. The summed E-state index contributed by atoms with van der Waals surface area (Å²) in [6.07, 6.45) is 0. The highest BCUT2D eigenvalue weighted by Gasteiger charge is 2.15. The molecule has 0 aromatic heterocycles. The predicted molar refractivity (Wildman–Crippen MR) is 86.6 cm³/mol. The molecule has 0 unspecified atom stereocenters. The molecule has 0 saturated carbocycles. The third-order valence-corrected chi connectivity index (χ3v) is 3.14. The van der Waals surface area contributed by atoms with Gasteiger partial charge in [-0.3, -0.25) is 4.79 Å². The van der Waals surface area contributed by atoms with Crippen LogP contribution >= 0.6 is 0 Å². The minimum absolute atomic E-state index is 0.0547. The van der Waals surface area contributed by atoms with E-state index in [-0.39, 0.29) is 11.3 Å². The SMILES string of the molecule is COc1ccc(C(=O)OCC(=O)Nc2ccccc2OC)c(O)c1. The molecule has 0 spiro atoms. The number of hydrogen-bond acceptors (Lipinski definition) is 6. The van der Waals surface area contributed by atoms with Gasteiger partial charge in [-0.15, -0.1) is 0 Å². The Morgan fingerprint density at radius 3 is 2.50 bits per heavy atom. The Balaban J connectivity index is 1.95. The third-order valence-electron chi connectivity index (χ3n) is 3.14. The number of benzene rings is 2. The molecule has 2 aromatic carbocycles. The predicted octanol–water partition coefficient (Wildman–Crippen LogP) is 2.20. The van der Waals surface area contributed by atoms with E-state index < -0.39 is 18.5 Å². The second-order valence-corrected chi connectivity index (χ2v) is 4.71. The molecule has 0 aliphatic rings. The first-order valence-electron chi connectivity index (χ1n) is 7.02. The van der Waals surface area contributed by atoms with Crippen LogP contribution in [-0.2, 0) is 9.53 Å². The van der Waals surface area contributed by atoms with Crippen LogP contribution < -0.4 is 14.8 Å². The van der Waals surface area contributed by atoms with Crippen LogP contribution in [0.5, 0.6) is 17.2 Å². The molecular formula is C17H17NO6. The summed E-state index contributed by atoms with van der Waals surface area (Å²) in [5.74, 6) is -0.737. The summed E-state index contributed by atoms with van der Waals surface area (Å²) in [4.78, 5) is 23.8. The van der Waals surface area contributed by atoms with Crippen molar-refractivity contribution in [3.8, 4) is 17.2 Å². The summed E-state index contributed by atoms with van der Waals surface area (Å²) >= 11 is 0. The topological polar surface area (TPSA) is 94.1 Å². The molecule has 0 saturated heterocycles. The van der Waals surface area contributed by atoms with Gasteiger partial charge in [0.2, 0.25) is 0 Å². The van der Waals surface area contributed by atoms with Crippen LogP contribution in [0.25, 0.3) is 0 Å². The van der Waals surface area contributed by atoms with Gasteiger partial charge in [0.15, 0.2) is 6.61 Å². The third kappa shape index (κ3) is 4.16. The zero-order valence-corrected chi connectivity index (χ0v) is 13.2. The fraction of sp³-hybridized carbons (Fsp3) is 0.176. The minimum atomic E-state index is -0.815. The summed E-state index contributed by atoms with van der Waals surface area (Å²) in [7, 11) is 2.92. The van der Waals surface area contributed by atoms with Crippen LogP contribution in [0.2, 0.25) is 0 Å². The van der Waals surface area contributed by atoms with E-state index in [0.717, 1.165) is 0 Å². The summed E-state index contributed by atoms with van der Waals surface area (Å²) in [5, 5.41) is 12.3. The van der Waals surface area contributed by atoms with Gasteiger partial charge >= 0.3 is 5.97 Å². The lowest BCUT2D eigenvalue weighted by Crippen LogP contribution is -2.21. The molecule has 1 amide bonds. The van der Waals surface area contributed by atoms with Gasteiger partial charge in [0.25, 0.3) is 5.91 Å². The van der Waals surface area contributed by atoms with E-state index in [1.165, 1.54) is 32.4 Å². The summed E-state index contributed by atoms with van der Waals surface area (Å²) in [5.41, 5.74) is 0.411. The number of hydrogen-bond donors (Lipinski definition) is 2. The molecule has 0 radical (unpaired) electrons. The number of rotatable bonds is 6. The highest BCUT2D eigenvalue weighted by Crippen LogP contribution is 2.24. The standard InChI is InChI=1S/C17H17NO6/c1-22-11-7-8-12(14(19)9-11)17(21)24-10-16(20)18-13-5-3-4-6-15(13)23-2/h3-9,19H,10H2,1-2H3,(H,18,20). The maximum atomic E-state index is 11.9. The van der Waals surface area contributed by atoms with Gasteiger partial charge in [-0.1, -0.05) is 12.1 Å². The molecule has 2 rings (SSSR count). The Morgan fingerprint density at radius 1 is 1.08 bits per heavy atom. The van der Waals surface area contributed by atoms with Gasteiger partial charge in [-0.25, -0.2) is 4.79 Å². The monoisotopic (exact) mass is 331 g/mol. The fourth-order valence-corrected chi connectivity index (χ4v) is 1.95. The lowest BCUT2D eigenvalue weighted by molar-refractivity contribution is -0.119. The number of esters is 1. The first-order chi connectivity index (χ1) is 11.5. The van der Waals surface area contributed by atoms with Crippen molar-refractivity contribution in [1.82, 2.24) is 0 Å². The van der Waals surface area contributed by atoms with Crippen LogP contribution in [-0.4, -0.2) is 37.8 Å². The number of phenols is 1. The number of amides is 1. The van der Waals surface area contributed by atoms with Gasteiger partial charge in [0.05, 0.1) is 19.9 Å². The van der Waals surface area contributed by atoms with Gasteiger partial charge < -0.3 is 24.6 Å². The Hall–Kier alpha value is -3.22. The first kappa shape index (κ1) is 17.1. The van der Waals surface area contributed by atoms with Crippen molar-refractivity contribution in [3.05, 3.63) is 48.0 Å². The summed E-state index contributed by atoms with van der Waals surface area (Å²) in [6.45, 7) is -0.498. The molecule has 126 valence electrons. The number of methoxy groups -OCH3 is 2. The number of para-hydroxylation sites is 2. The van der Waals surface area contributed by atoms with E-state index >= 15 is 0 Å². The van der Waals surface area contributed by atoms with E-state index in [1.54, 1.807) is 24.3 Å². The van der Waals surface area contributed by atoms with Gasteiger partial charge in [0, 0.05) is 6.07 Å². The zero-order valence-electron chi connectivity index (χ0n) is 13.2. The molecule has 7 heteroatoms. The first-order valence-corrected chi connectivity index (χ1v) is 7.02. The van der Waals surface area contributed by atoms with Gasteiger partial charge in [0.1, 0.15) is 22.8 Å². The molecule has 0 heterocycles. The van der Waals surface area contributed by atoms with Crippen molar-refractivity contribution in [2.75, 3.05) is 26.1 Å². The molecule has 2 N–H and O–H groups in total. The number of aromatic hydroxyl groups is 1.